The lowest BCUT2D eigenvalue weighted by Crippen LogP contribution is -2.50. The highest BCUT2D eigenvalue weighted by Crippen LogP contribution is 2.32. The van der Waals surface area contributed by atoms with Crippen LogP contribution in [0.2, 0.25) is 0 Å². The summed E-state index contributed by atoms with van der Waals surface area (Å²) in [6.07, 6.45) is 10.7. The molecule has 0 amide bonds. The first-order chi connectivity index (χ1) is 14.3. The third kappa shape index (κ3) is 6.49. The van der Waals surface area contributed by atoms with Gasteiger partial charge in [0, 0.05) is 45.2 Å². The molecule has 30 heavy (non-hydrogen) atoms. The van der Waals surface area contributed by atoms with Crippen LogP contribution in [0.1, 0.15) is 62.8 Å². The third-order valence-corrected chi connectivity index (χ3v) is 6.99. The molecule has 2 fully saturated rings. The van der Waals surface area contributed by atoms with Crippen molar-refractivity contribution in [2.24, 2.45) is 10.9 Å². The second-order valence-corrected chi connectivity index (χ2v) is 9.05. The minimum absolute atomic E-state index is 0. The Morgan fingerprint density at radius 3 is 2.60 bits per heavy atom. The Hall–Kier alpha value is -1.02. The van der Waals surface area contributed by atoms with Gasteiger partial charge in [0.1, 0.15) is 5.75 Å². The molecule has 1 saturated carbocycles. The Morgan fingerprint density at radius 1 is 1.07 bits per heavy atom. The number of hydrogen-bond acceptors (Lipinski definition) is 3. The summed E-state index contributed by atoms with van der Waals surface area (Å²) in [5.74, 6) is 3.42. The van der Waals surface area contributed by atoms with Crippen molar-refractivity contribution in [2.45, 2.75) is 63.3 Å². The smallest absolute Gasteiger partial charge is 0.191 e. The van der Waals surface area contributed by atoms with Gasteiger partial charge in [-0.3, -0.25) is 4.99 Å². The lowest BCUT2D eigenvalue weighted by molar-refractivity contribution is 0.160. The number of nitrogens with zero attached hydrogens (tertiary/aromatic N) is 2. The van der Waals surface area contributed by atoms with Crippen molar-refractivity contribution in [2.75, 3.05) is 39.8 Å². The molecule has 5 nitrogen and oxygen atoms in total. The molecule has 1 aromatic carbocycles. The van der Waals surface area contributed by atoms with Gasteiger partial charge in [0.2, 0.25) is 0 Å². The van der Waals surface area contributed by atoms with Gasteiger partial charge in [-0.1, -0.05) is 37.5 Å². The SMILES string of the molecule is CN=C(NCC1CCOc2ccccc21)NC1CCN(CC2CCCCC2)CC1.I. The van der Waals surface area contributed by atoms with Crippen LogP contribution in [-0.4, -0.2) is 56.7 Å². The van der Waals surface area contributed by atoms with Gasteiger partial charge in [0.25, 0.3) is 0 Å². The van der Waals surface area contributed by atoms with E-state index in [1.54, 1.807) is 0 Å². The van der Waals surface area contributed by atoms with Crippen LogP contribution in [0.25, 0.3) is 0 Å². The normalized spacial score (nSPS) is 23.8. The lowest BCUT2D eigenvalue weighted by atomic mass is 9.88. The van der Waals surface area contributed by atoms with Crippen LogP contribution in [0.15, 0.2) is 29.3 Å². The molecule has 4 rings (SSSR count). The van der Waals surface area contributed by atoms with E-state index < -0.39 is 0 Å². The first-order valence-corrected chi connectivity index (χ1v) is 11.7. The molecule has 0 aromatic heterocycles. The maximum absolute atomic E-state index is 5.79. The number of rotatable bonds is 5. The number of hydrogen-bond donors (Lipinski definition) is 2. The molecule has 6 heteroatoms. The molecule has 1 aliphatic carbocycles. The number of benzene rings is 1. The number of guanidine groups is 1. The van der Waals surface area contributed by atoms with Gasteiger partial charge in [-0.05, 0) is 49.7 Å². The zero-order valence-electron chi connectivity index (χ0n) is 18.4. The van der Waals surface area contributed by atoms with Gasteiger partial charge in [0.05, 0.1) is 6.61 Å². The van der Waals surface area contributed by atoms with E-state index in [1.165, 1.54) is 70.1 Å². The van der Waals surface area contributed by atoms with E-state index in [1.807, 2.05) is 7.05 Å². The first-order valence-electron chi connectivity index (χ1n) is 11.7. The third-order valence-electron chi connectivity index (χ3n) is 6.99. The topological polar surface area (TPSA) is 48.9 Å². The highest BCUT2D eigenvalue weighted by molar-refractivity contribution is 14.0. The van der Waals surface area contributed by atoms with Crippen molar-refractivity contribution in [3.8, 4) is 5.75 Å². The fourth-order valence-corrected chi connectivity index (χ4v) is 5.23. The van der Waals surface area contributed by atoms with Gasteiger partial charge >= 0.3 is 0 Å². The van der Waals surface area contributed by atoms with Crippen molar-refractivity contribution >= 4 is 29.9 Å². The van der Waals surface area contributed by atoms with Crippen molar-refractivity contribution in [1.82, 2.24) is 15.5 Å². The Balaban J connectivity index is 0.00000256. The lowest BCUT2D eigenvalue weighted by Gasteiger charge is -2.36. The van der Waals surface area contributed by atoms with Crippen LogP contribution in [-0.2, 0) is 0 Å². The molecule has 0 radical (unpaired) electrons. The van der Waals surface area contributed by atoms with Gasteiger partial charge < -0.3 is 20.3 Å². The second kappa shape index (κ2) is 12.1. The van der Waals surface area contributed by atoms with Crippen molar-refractivity contribution in [3.05, 3.63) is 29.8 Å². The molecule has 0 bridgehead atoms. The number of para-hydroxylation sites is 1. The highest BCUT2D eigenvalue weighted by atomic mass is 127. The molecule has 0 spiro atoms. The van der Waals surface area contributed by atoms with E-state index in [4.69, 9.17) is 4.74 Å². The van der Waals surface area contributed by atoms with Gasteiger partial charge in [-0.2, -0.15) is 0 Å². The summed E-state index contributed by atoms with van der Waals surface area (Å²) < 4.78 is 5.79. The van der Waals surface area contributed by atoms with Crippen LogP contribution in [0, 0.1) is 5.92 Å². The van der Waals surface area contributed by atoms with E-state index in [0.717, 1.165) is 37.2 Å². The van der Waals surface area contributed by atoms with Crippen molar-refractivity contribution in [1.29, 1.82) is 0 Å². The minimum Gasteiger partial charge on any atom is -0.493 e. The van der Waals surface area contributed by atoms with Crippen LogP contribution in [0.5, 0.6) is 5.75 Å². The molecule has 1 atom stereocenters. The Bertz CT molecular complexity index is 669. The summed E-state index contributed by atoms with van der Waals surface area (Å²) in [5, 5.41) is 7.25. The molecule has 2 N–H and O–H groups in total. The Morgan fingerprint density at radius 2 is 1.83 bits per heavy atom. The Labute approximate surface area is 199 Å². The number of likely N-dealkylation sites (tertiary alicyclic amines) is 1. The zero-order valence-corrected chi connectivity index (χ0v) is 20.8. The van der Waals surface area contributed by atoms with Crippen molar-refractivity contribution < 1.29 is 4.74 Å². The molecule has 1 saturated heterocycles. The number of ether oxygens (including phenoxy) is 1. The zero-order chi connectivity index (χ0) is 19.9. The number of fused-ring (bicyclic) bond motifs is 1. The van der Waals surface area contributed by atoms with Crippen molar-refractivity contribution in [3.63, 3.8) is 0 Å². The maximum atomic E-state index is 5.79. The summed E-state index contributed by atoms with van der Waals surface area (Å²) in [7, 11) is 1.88. The van der Waals surface area contributed by atoms with Crippen LogP contribution >= 0.6 is 24.0 Å². The predicted octanol–water partition coefficient (Wildman–Crippen LogP) is 4.38. The summed E-state index contributed by atoms with van der Waals surface area (Å²) in [4.78, 5) is 7.18. The maximum Gasteiger partial charge on any atom is 0.191 e. The molecule has 2 aliphatic heterocycles. The fraction of sp³-hybridized carbons (Fsp3) is 0.708. The van der Waals surface area contributed by atoms with E-state index in [0.29, 0.717) is 12.0 Å². The summed E-state index contributed by atoms with van der Waals surface area (Å²) >= 11 is 0. The van der Waals surface area contributed by atoms with Crippen LogP contribution in [0.3, 0.4) is 0 Å². The minimum atomic E-state index is 0. The second-order valence-electron chi connectivity index (χ2n) is 9.05. The molecule has 1 unspecified atom stereocenters. The monoisotopic (exact) mass is 526 g/mol. The van der Waals surface area contributed by atoms with Gasteiger partial charge in [-0.25, -0.2) is 0 Å². The molecule has 1 aromatic rings. The quantitative estimate of drug-likeness (QED) is 0.340. The first kappa shape index (κ1) is 23.6. The number of piperidine rings is 1. The molecular weight excluding hydrogens is 487 g/mol. The van der Waals surface area contributed by atoms with E-state index in [2.05, 4.69) is 44.8 Å². The average Bonchev–Trinajstić information content (AvgIpc) is 2.78. The standard InChI is InChI=1S/C24H38N4O.HI/c1-25-24(26-17-20-13-16-29-23-10-6-5-9-22(20)23)27-21-11-14-28(15-12-21)18-19-7-3-2-4-8-19;/h5-6,9-10,19-21H,2-4,7-8,11-18H2,1H3,(H2,25,26,27);1H. The summed E-state index contributed by atoms with van der Waals surface area (Å²) in [6, 6.07) is 8.96. The number of aliphatic imine (C=N–C) groups is 1. The molecular formula is C24H39IN4O. The predicted molar refractivity (Wildman–Crippen MR) is 135 cm³/mol. The molecule has 168 valence electrons. The molecule has 3 aliphatic rings. The van der Waals surface area contributed by atoms with Gasteiger partial charge in [0.15, 0.2) is 5.96 Å². The van der Waals surface area contributed by atoms with Gasteiger partial charge in [-0.15, -0.1) is 24.0 Å². The van der Waals surface area contributed by atoms with Crippen LogP contribution in [0.4, 0.5) is 0 Å². The van der Waals surface area contributed by atoms with E-state index in [-0.39, 0.29) is 24.0 Å². The number of nitrogens with one attached hydrogen (secondary N) is 2. The van der Waals surface area contributed by atoms with Crippen LogP contribution < -0.4 is 15.4 Å². The summed E-state index contributed by atoms with van der Waals surface area (Å²) in [6.45, 7) is 5.47. The number of halogens is 1. The average molecular weight is 527 g/mol. The summed E-state index contributed by atoms with van der Waals surface area (Å²) in [5.41, 5.74) is 1.32. The largest absolute Gasteiger partial charge is 0.493 e. The van der Waals surface area contributed by atoms with E-state index >= 15 is 0 Å². The molecule has 2 heterocycles. The van der Waals surface area contributed by atoms with E-state index in [9.17, 15) is 0 Å². The highest BCUT2D eigenvalue weighted by Gasteiger charge is 2.24. The fourth-order valence-electron chi connectivity index (χ4n) is 5.23. The Kier molecular flexibility index (Phi) is 9.56.